The van der Waals surface area contributed by atoms with Crippen molar-refractivity contribution in [2.45, 2.75) is 38.1 Å². The van der Waals surface area contributed by atoms with Gasteiger partial charge in [0.15, 0.2) is 0 Å². The minimum Gasteiger partial charge on any atom is -0.366 e. The Morgan fingerprint density at radius 1 is 1.27 bits per heavy atom. The Kier molecular flexibility index (Phi) is 4.67. The van der Waals surface area contributed by atoms with Gasteiger partial charge < -0.3 is 16.4 Å². The van der Waals surface area contributed by atoms with Gasteiger partial charge in [-0.15, -0.1) is 0 Å². The molecule has 1 aliphatic heterocycles. The van der Waals surface area contributed by atoms with Crippen LogP contribution in [0.15, 0.2) is 24.3 Å². The average Bonchev–Trinajstić information content (AvgIpc) is 2.83. The van der Waals surface area contributed by atoms with E-state index in [2.05, 4.69) is 10.6 Å². The van der Waals surface area contributed by atoms with Gasteiger partial charge in [0, 0.05) is 11.3 Å². The first-order valence-electron chi connectivity index (χ1n) is 8.67. The van der Waals surface area contributed by atoms with Crippen LogP contribution in [-0.4, -0.2) is 40.7 Å². The number of carbonyl (C=O) groups is 4. The molecule has 4 N–H and O–H groups in total. The molecule has 2 atom stereocenters. The third-order valence-corrected chi connectivity index (χ3v) is 5.26. The number of amides is 5. The predicted octanol–water partition coefficient (Wildman–Crippen LogP) is 1.22. The topological polar surface area (TPSA) is 122 Å². The summed E-state index contributed by atoms with van der Waals surface area (Å²) in [7, 11) is 0. The van der Waals surface area contributed by atoms with Gasteiger partial charge in [-0.25, -0.2) is 4.79 Å². The van der Waals surface area contributed by atoms with E-state index in [9.17, 15) is 19.2 Å². The Bertz CT molecular complexity index is 761. The molecule has 1 aromatic carbocycles. The normalized spacial score (nSPS) is 25.3. The lowest BCUT2D eigenvalue weighted by molar-refractivity contribution is -0.136. The zero-order valence-corrected chi connectivity index (χ0v) is 14.6. The molecular weight excluding hydrogens is 336 g/mol. The molecule has 26 heavy (non-hydrogen) atoms. The van der Waals surface area contributed by atoms with Crippen molar-refractivity contribution in [2.24, 2.45) is 11.7 Å². The second-order valence-corrected chi connectivity index (χ2v) is 6.93. The number of nitrogens with two attached hydrogens (primary N) is 1. The van der Waals surface area contributed by atoms with Crippen molar-refractivity contribution in [2.75, 3.05) is 11.9 Å². The maximum Gasteiger partial charge on any atom is 0.325 e. The lowest BCUT2D eigenvalue weighted by atomic mass is 9.73. The number of hydrogen-bond acceptors (Lipinski definition) is 4. The van der Waals surface area contributed by atoms with Crippen LogP contribution in [0.2, 0.25) is 0 Å². The minimum absolute atomic E-state index is 0.0436. The largest absolute Gasteiger partial charge is 0.366 e. The molecule has 138 valence electrons. The number of nitrogens with one attached hydrogen (secondary N) is 2. The number of anilines is 1. The second-order valence-electron chi connectivity index (χ2n) is 6.93. The molecule has 0 aromatic heterocycles. The van der Waals surface area contributed by atoms with Gasteiger partial charge in [0.1, 0.15) is 12.1 Å². The fraction of sp³-hybridized carbons (Fsp3) is 0.444. The molecule has 1 heterocycles. The van der Waals surface area contributed by atoms with Crippen LogP contribution in [0.25, 0.3) is 0 Å². The zero-order valence-electron chi connectivity index (χ0n) is 14.6. The van der Waals surface area contributed by atoms with Crippen LogP contribution in [0.1, 0.15) is 43.0 Å². The number of primary amides is 1. The highest BCUT2D eigenvalue weighted by Gasteiger charge is 2.55. The fourth-order valence-electron chi connectivity index (χ4n) is 3.70. The summed E-state index contributed by atoms with van der Waals surface area (Å²) in [5, 5.41) is 5.43. The molecule has 1 saturated heterocycles. The molecule has 2 aliphatic rings. The third-order valence-electron chi connectivity index (χ3n) is 5.26. The van der Waals surface area contributed by atoms with Gasteiger partial charge in [0.05, 0.1) is 0 Å². The van der Waals surface area contributed by atoms with Crippen molar-refractivity contribution in [3.63, 3.8) is 0 Å². The second kappa shape index (κ2) is 6.78. The monoisotopic (exact) mass is 358 g/mol. The number of nitrogens with zero attached hydrogens (tertiary/aromatic N) is 1. The molecule has 8 heteroatoms. The molecule has 1 aromatic rings. The molecule has 3 rings (SSSR count). The molecule has 5 amide bonds. The quantitative estimate of drug-likeness (QED) is 0.701. The SMILES string of the molecule is CC1CCCCC12NC(=O)N(CC(=O)Nc1ccc(C(N)=O)cc1)C2=O. The Balaban J connectivity index is 1.66. The Morgan fingerprint density at radius 3 is 2.58 bits per heavy atom. The molecule has 1 spiro atoms. The van der Waals surface area contributed by atoms with Crippen LogP contribution < -0.4 is 16.4 Å². The zero-order chi connectivity index (χ0) is 18.9. The first kappa shape index (κ1) is 17.9. The van der Waals surface area contributed by atoms with E-state index in [4.69, 9.17) is 5.73 Å². The van der Waals surface area contributed by atoms with E-state index in [0.29, 0.717) is 17.7 Å². The summed E-state index contributed by atoms with van der Waals surface area (Å²) >= 11 is 0. The smallest absolute Gasteiger partial charge is 0.325 e. The summed E-state index contributed by atoms with van der Waals surface area (Å²) in [5.74, 6) is -1.33. The van der Waals surface area contributed by atoms with Crippen molar-refractivity contribution in [3.05, 3.63) is 29.8 Å². The number of hydrogen-bond donors (Lipinski definition) is 3. The van der Waals surface area contributed by atoms with E-state index >= 15 is 0 Å². The highest BCUT2D eigenvalue weighted by molar-refractivity contribution is 6.10. The van der Waals surface area contributed by atoms with E-state index in [1.807, 2.05) is 6.92 Å². The lowest BCUT2D eigenvalue weighted by Gasteiger charge is -2.36. The van der Waals surface area contributed by atoms with Crippen LogP contribution in [0.4, 0.5) is 10.5 Å². The van der Waals surface area contributed by atoms with E-state index in [-0.39, 0.29) is 18.4 Å². The van der Waals surface area contributed by atoms with Crippen molar-refractivity contribution in [1.29, 1.82) is 0 Å². The molecule has 2 unspecified atom stereocenters. The van der Waals surface area contributed by atoms with Crippen LogP contribution in [0.3, 0.4) is 0 Å². The van der Waals surface area contributed by atoms with Gasteiger partial charge in [-0.05, 0) is 43.0 Å². The van der Waals surface area contributed by atoms with E-state index < -0.39 is 23.4 Å². The molecule has 0 radical (unpaired) electrons. The van der Waals surface area contributed by atoms with E-state index in [1.165, 1.54) is 24.3 Å². The first-order chi connectivity index (χ1) is 12.3. The molecule has 2 fully saturated rings. The van der Waals surface area contributed by atoms with Crippen LogP contribution in [0, 0.1) is 5.92 Å². The van der Waals surface area contributed by atoms with Crippen LogP contribution in [-0.2, 0) is 9.59 Å². The summed E-state index contributed by atoms with van der Waals surface area (Å²) < 4.78 is 0. The van der Waals surface area contributed by atoms with Gasteiger partial charge in [-0.3, -0.25) is 19.3 Å². The van der Waals surface area contributed by atoms with Gasteiger partial charge >= 0.3 is 6.03 Å². The van der Waals surface area contributed by atoms with Gasteiger partial charge in [0.25, 0.3) is 5.91 Å². The van der Waals surface area contributed by atoms with Gasteiger partial charge in [-0.2, -0.15) is 0 Å². The summed E-state index contributed by atoms with van der Waals surface area (Å²) in [6.07, 6.45) is 3.39. The molecule has 0 bridgehead atoms. The van der Waals surface area contributed by atoms with Crippen molar-refractivity contribution < 1.29 is 19.2 Å². The summed E-state index contributed by atoms with van der Waals surface area (Å²) in [4.78, 5) is 49.4. The Hall–Kier alpha value is -2.90. The molecule has 1 saturated carbocycles. The first-order valence-corrected chi connectivity index (χ1v) is 8.67. The number of rotatable bonds is 4. The van der Waals surface area contributed by atoms with Crippen molar-refractivity contribution in [1.82, 2.24) is 10.2 Å². The third kappa shape index (κ3) is 3.14. The number of carbonyl (C=O) groups excluding carboxylic acids is 4. The van der Waals surface area contributed by atoms with Gasteiger partial charge in [-0.1, -0.05) is 19.8 Å². The number of imide groups is 1. The summed E-state index contributed by atoms with van der Waals surface area (Å²) in [6, 6.07) is 5.53. The molecular formula is C18H22N4O4. The van der Waals surface area contributed by atoms with Crippen LogP contribution >= 0.6 is 0 Å². The highest BCUT2D eigenvalue weighted by atomic mass is 16.2. The van der Waals surface area contributed by atoms with Crippen molar-refractivity contribution in [3.8, 4) is 0 Å². The highest BCUT2D eigenvalue weighted by Crippen LogP contribution is 2.38. The van der Waals surface area contributed by atoms with Gasteiger partial charge in [0.2, 0.25) is 11.8 Å². The summed E-state index contributed by atoms with van der Waals surface area (Å²) in [5.41, 5.74) is 5.07. The number of urea groups is 1. The minimum atomic E-state index is -0.876. The number of benzene rings is 1. The standard InChI is InChI=1S/C18H22N4O4/c1-11-4-2-3-9-18(11)16(25)22(17(26)21-18)10-14(23)20-13-7-5-12(6-8-13)15(19)24/h5-8,11H,2-4,9-10H2,1H3,(H2,19,24)(H,20,23)(H,21,26). The lowest BCUT2D eigenvalue weighted by Crippen LogP contribution is -2.54. The average molecular weight is 358 g/mol. The predicted molar refractivity (Wildman–Crippen MR) is 94.2 cm³/mol. The molecule has 8 nitrogen and oxygen atoms in total. The Labute approximate surface area is 151 Å². The fourth-order valence-corrected chi connectivity index (χ4v) is 3.70. The van der Waals surface area contributed by atoms with E-state index in [1.54, 1.807) is 0 Å². The molecule has 1 aliphatic carbocycles. The Morgan fingerprint density at radius 2 is 1.96 bits per heavy atom. The maximum atomic E-state index is 12.8. The van der Waals surface area contributed by atoms with Crippen molar-refractivity contribution >= 4 is 29.4 Å². The van der Waals surface area contributed by atoms with Crippen LogP contribution in [0.5, 0.6) is 0 Å². The summed E-state index contributed by atoms with van der Waals surface area (Å²) in [6.45, 7) is 1.61. The van der Waals surface area contributed by atoms with E-state index in [0.717, 1.165) is 24.2 Å². The maximum absolute atomic E-state index is 12.8.